The highest BCUT2D eigenvalue weighted by Gasteiger charge is 2.39. The molecule has 7 heteroatoms. The zero-order chi connectivity index (χ0) is 21.3. The zero-order valence-corrected chi connectivity index (χ0v) is 16.9. The summed E-state index contributed by atoms with van der Waals surface area (Å²) in [5, 5.41) is 6.54. The van der Waals surface area contributed by atoms with Gasteiger partial charge in [-0.15, -0.1) is 0 Å². The standard InChI is InChI=1S/C23H24N4O3/c1-14(2)16-7-3-6-10-19(16)25-21(28)13-27-22(29)20(26-23(27)30)11-15-12-24-18-9-5-4-8-17(15)18/h3-10,12,14,20,24H,11,13H2,1-2H3,(H,25,28)(H,26,30)/t20-/m1/s1. The first-order valence-corrected chi connectivity index (χ1v) is 9.99. The topological polar surface area (TPSA) is 94.3 Å². The number of aromatic nitrogens is 1. The van der Waals surface area contributed by atoms with Crippen LogP contribution in [0.1, 0.15) is 30.9 Å². The minimum absolute atomic E-state index is 0.235. The summed E-state index contributed by atoms with van der Waals surface area (Å²) in [7, 11) is 0. The Hall–Kier alpha value is -3.61. The molecule has 2 heterocycles. The minimum atomic E-state index is -0.688. The van der Waals surface area contributed by atoms with Crippen molar-refractivity contribution in [3.8, 4) is 0 Å². The smallest absolute Gasteiger partial charge is 0.325 e. The number of nitrogens with one attached hydrogen (secondary N) is 3. The van der Waals surface area contributed by atoms with Crippen molar-refractivity contribution >= 4 is 34.4 Å². The number of carbonyl (C=O) groups excluding carboxylic acids is 3. The van der Waals surface area contributed by atoms with E-state index in [-0.39, 0.29) is 12.5 Å². The molecule has 1 aliphatic rings. The van der Waals surface area contributed by atoms with Gasteiger partial charge in [0.05, 0.1) is 0 Å². The molecule has 4 amide bonds. The van der Waals surface area contributed by atoms with Gasteiger partial charge in [0.15, 0.2) is 0 Å². The molecule has 1 aromatic heterocycles. The number of imide groups is 1. The van der Waals surface area contributed by atoms with Crippen LogP contribution in [0.2, 0.25) is 0 Å². The molecule has 1 saturated heterocycles. The molecule has 3 N–H and O–H groups in total. The maximum Gasteiger partial charge on any atom is 0.325 e. The molecule has 2 aromatic carbocycles. The maximum absolute atomic E-state index is 12.8. The van der Waals surface area contributed by atoms with E-state index < -0.39 is 23.9 Å². The number of rotatable bonds is 6. The molecule has 3 aromatic rings. The molecule has 0 radical (unpaired) electrons. The predicted octanol–water partition coefficient (Wildman–Crippen LogP) is 3.39. The fourth-order valence-electron chi connectivity index (χ4n) is 3.83. The summed E-state index contributed by atoms with van der Waals surface area (Å²) >= 11 is 0. The molecule has 154 valence electrons. The Morgan fingerprint density at radius 1 is 1.10 bits per heavy atom. The second kappa shape index (κ2) is 8.02. The van der Waals surface area contributed by atoms with Gasteiger partial charge in [-0.3, -0.25) is 14.5 Å². The lowest BCUT2D eigenvalue weighted by Gasteiger charge is -2.16. The van der Waals surface area contributed by atoms with Crippen molar-refractivity contribution in [2.24, 2.45) is 0 Å². The third kappa shape index (κ3) is 3.78. The highest BCUT2D eigenvalue weighted by atomic mass is 16.2. The Bertz CT molecular complexity index is 1120. The summed E-state index contributed by atoms with van der Waals surface area (Å²) in [6, 6.07) is 14.1. The molecule has 0 aliphatic carbocycles. The van der Waals surface area contributed by atoms with Gasteiger partial charge in [-0.1, -0.05) is 50.2 Å². The highest BCUT2D eigenvalue weighted by molar-refractivity contribution is 6.08. The monoisotopic (exact) mass is 404 g/mol. The van der Waals surface area contributed by atoms with E-state index in [2.05, 4.69) is 15.6 Å². The normalized spacial score (nSPS) is 16.4. The number of nitrogens with zero attached hydrogens (tertiary/aromatic N) is 1. The van der Waals surface area contributed by atoms with E-state index in [4.69, 9.17) is 0 Å². The van der Waals surface area contributed by atoms with Gasteiger partial charge in [0.2, 0.25) is 5.91 Å². The summed E-state index contributed by atoms with van der Waals surface area (Å²) in [6.07, 6.45) is 2.21. The van der Waals surface area contributed by atoms with E-state index in [0.717, 1.165) is 26.9 Å². The number of urea groups is 1. The summed E-state index contributed by atoms with van der Waals surface area (Å²) < 4.78 is 0. The van der Waals surface area contributed by atoms with Crippen LogP contribution in [0.4, 0.5) is 10.5 Å². The Morgan fingerprint density at radius 2 is 1.83 bits per heavy atom. The second-order valence-electron chi connectivity index (χ2n) is 7.78. The number of H-pyrrole nitrogens is 1. The minimum Gasteiger partial charge on any atom is -0.361 e. The van der Waals surface area contributed by atoms with Crippen molar-refractivity contribution in [1.82, 2.24) is 15.2 Å². The number of fused-ring (bicyclic) bond motifs is 1. The molecular weight excluding hydrogens is 380 g/mol. The molecule has 30 heavy (non-hydrogen) atoms. The number of para-hydroxylation sites is 2. The van der Waals surface area contributed by atoms with Crippen molar-refractivity contribution < 1.29 is 14.4 Å². The van der Waals surface area contributed by atoms with Crippen molar-refractivity contribution in [2.45, 2.75) is 32.2 Å². The van der Waals surface area contributed by atoms with Crippen LogP contribution in [-0.2, 0) is 16.0 Å². The van der Waals surface area contributed by atoms with Gasteiger partial charge in [-0.25, -0.2) is 4.79 Å². The number of benzene rings is 2. The van der Waals surface area contributed by atoms with Crippen LogP contribution in [0.3, 0.4) is 0 Å². The number of hydrogen-bond donors (Lipinski definition) is 3. The van der Waals surface area contributed by atoms with Gasteiger partial charge in [-0.05, 0) is 29.2 Å². The average molecular weight is 404 g/mol. The maximum atomic E-state index is 12.8. The van der Waals surface area contributed by atoms with E-state index in [1.807, 2.05) is 68.6 Å². The van der Waals surface area contributed by atoms with Gasteiger partial charge >= 0.3 is 6.03 Å². The molecule has 0 unspecified atom stereocenters. The summed E-state index contributed by atoms with van der Waals surface area (Å²) in [5.74, 6) is -0.560. The van der Waals surface area contributed by atoms with E-state index >= 15 is 0 Å². The lowest BCUT2D eigenvalue weighted by molar-refractivity contribution is -0.130. The molecule has 1 fully saturated rings. The van der Waals surface area contributed by atoms with Crippen molar-refractivity contribution in [1.29, 1.82) is 0 Å². The Balaban J connectivity index is 1.44. The summed E-state index contributed by atoms with van der Waals surface area (Å²) in [4.78, 5) is 41.8. The van der Waals surface area contributed by atoms with Gasteiger partial charge in [0.25, 0.3) is 5.91 Å². The molecule has 1 atom stereocenters. The van der Waals surface area contributed by atoms with Crippen LogP contribution < -0.4 is 10.6 Å². The number of anilines is 1. The van der Waals surface area contributed by atoms with E-state index in [0.29, 0.717) is 12.1 Å². The van der Waals surface area contributed by atoms with Gasteiger partial charge < -0.3 is 15.6 Å². The Morgan fingerprint density at radius 3 is 2.63 bits per heavy atom. The highest BCUT2D eigenvalue weighted by Crippen LogP contribution is 2.24. The van der Waals surface area contributed by atoms with E-state index in [1.54, 1.807) is 0 Å². The van der Waals surface area contributed by atoms with Crippen LogP contribution in [0.5, 0.6) is 0 Å². The fourth-order valence-corrected chi connectivity index (χ4v) is 3.83. The van der Waals surface area contributed by atoms with Gasteiger partial charge in [-0.2, -0.15) is 0 Å². The molecule has 4 rings (SSSR count). The molecule has 7 nitrogen and oxygen atoms in total. The first kappa shape index (κ1) is 19.7. The Labute approximate surface area is 174 Å². The third-order valence-corrected chi connectivity index (χ3v) is 5.36. The third-order valence-electron chi connectivity index (χ3n) is 5.36. The van der Waals surface area contributed by atoms with E-state index in [1.165, 1.54) is 0 Å². The van der Waals surface area contributed by atoms with Crippen LogP contribution in [0.15, 0.2) is 54.7 Å². The first-order chi connectivity index (χ1) is 14.4. The number of hydrogen-bond acceptors (Lipinski definition) is 3. The van der Waals surface area contributed by atoms with Gasteiger partial charge in [0, 0.05) is 29.2 Å². The molecular formula is C23H24N4O3. The lowest BCUT2D eigenvalue weighted by Crippen LogP contribution is -2.38. The number of aromatic amines is 1. The van der Waals surface area contributed by atoms with Crippen molar-refractivity contribution in [3.63, 3.8) is 0 Å². The van der Waals surface area contributed by atoms with Crippen molar-refractivity contribution in [2.75, 3.05) is 11.9 Å². The lowest BCUT2D eigenvalue weighted by atomic mass is 10.0. The quantitative estimate of drug-likeness (QED) is 0.550. The van der Waals surface area contributed by atoms with Crippen molar-refractivity contribution in [3.05, 3.63) is 65.9 Å². The Kier molecular flexibility index (Phi) is 5.27. The van der Waals surface area contributed by atoms with Crippen LogP contribution in [-0.4, -0.2) is 40.3 Å². The van der Waals surface area contributed by atoms with E-state index in [9.17, 15) is 14.4 Å². The predicted molar refractivity (Wildman–Crippen MR) is 115 cm³/mol. The SMILES string of the molecule is CC(C)c1ccccc1NC(=O)CN1C(=O)N[C@H](Cc2c[nH]c3ccccc23)C1=O. The molecule has 0 bridgehead atoms. The van der Waals surface area contributed by atoms with Gasteiger partial charge in [0.1, 0.15) is 12.6 Å². The molecule has 0 spiro atoms. The second-order valence-corrected chi connectivity index (χ2v) is 7.78. The van der Waals surface area contributed by atoms with Crippen LogP contribution in [0.25, 0.3) is 10.9 Å². The largest absolute Gasteiger partial charge is 0.361 e. The average Bonchev–Trinajstić information content (AvgIpc) is 3.25. The van der Waals surface area contributed by atoms with Crippen LogP contribution in [0, 0.1) is 0 Å². The fraction of sp³-hybridized carbons (Fsp3) is 0.261. The number of amides is 4. The summed E-state index contributed by atoms with van der Waals surface area (Å²) in [5.41, 5.74) is 3.62. The summed E-state index contributed by atoms with van der Waals surface area (Å²) in [6.45, 7) is 3.76. The molecule has 0 saturated carbocycles. The zero-order valence-electron chi connectivity index (χ0n) is 16.9. The molecule has 1 aliphatic heterocycles. The first-order valence-electron chi connectivity index (χ1n) is 9.99. The van der Waals surface area contributed by atoms with Crippen LogP contribution >= 0.6 is 0 Å². The number of carbonyl (C=O) groups is 3.